The molecule has 1 aliphatic heterocycles. The highest BCUT2D eigenvalue weighted by atomic mass is 19.1. The molecule has 0 aromatic heterocycles. The predicted octanol–water partition coefficient (Wildman–Crippen LogP) is 2.98. The van der Waals surface area contributed by atoms with Crippen molar-refractivity contribution in [3.8, 4) is 0 Å². The normalized spacial score (nSPS) is 20.6. The number of carbonyl (C=O) groups excluding carboxylic acids is 2. The van der Waals surface area contributed by atoms with Gasteiger partial charge in [0.2, 0.25) is 11.8 Å². The average molecular weight is 312 g/mol. The van der Waals surface area contributed by atoms with E-state index in [0.29, 0.717) is 0 Å². The number of likely N-dealkylation sites (tertiary alicyclic amines) is 1. The summed E-state index contributed by atoms with van der Waals surface area (Å²) in [6.07, 6.45) is 0.121. The molecule has 1 heterocycles. The molecule has 2 aromatic rings. The molecule has 0 spiro atoms. The van der Waals surface area contributed by atoms with Crippen LogP contribution in [0, 0.1) is 11.7 Å². The first-order valence-electron chi connectivity index (χ1n) is 7.44. The molecule has 2 atom stereocenters. The first-order valence-corrected chi connectivity index (χ1v) is 7.44. The molecule has 23 heavy (non-hydrogen) atoms. The van der Waals surface area contributed by atoms with Gasteiger partial charge in [0.05, 0.1) is 17.6 Å². The number of benzene rings is 2. The maximum Gasteiger partial charge on any atom is 0.230 e. The third kappa shape index (κ3) is 2.95. The lowest BCUT2D eigenvalue weighted by Crippen LogP contribution is -2.30. The van der Waals surface area contributed by atoms with Crippen LogP contribution in [0.5, 0.6) is 0 Å². The Kier molecular flexibility index (Phi) is 4.10. The zero-order valence-electron chi connectivity index (χ0n) is 12.7. The minimum absolute atomic E-state index is 0.0902. The summed E-state index contributed by atoms with van der Waals surface area (Å²) in [6.45, 7) is 0. The maximum atomic E-state index is 13.7. The second-order valence-corrected chi connectivity index (χ2v) is 5.64. The third-order valence-corrected chi connectivity index (χ3v) is 4.20. The van der Waals surface area contributed by atoms with Crippen molar-refractivity contribution in [3.63, 3.8) is 0 Å². The van der Waals surface area contributed by atoms with Crippen LogP contribution in [0.3, 0.4) is 0 Å². The number of nitrogens with zero attached hydrogens (tertiary/aromatic N) is 1. The summed E-state index contributed by atoms with van der Waals surface area (Å²) in [6, 6.07) is 15.1. The van der Waals surface area contributed by atoms with Gasteiger partial charge in [0.25, 0.3) is 0 Å². The molecule has 0 unspecified atom stereocenters. The van der Waals surface area contributed by atoms with E-state index in [0.717, 1.165) is 5.56 Å². The fraction of sp³-hybridized carbons (Fsp3) is 0.222. The van der Waals surface area contributed by atoms with Gasteiger partial charge in [0, 0.05) is 13.5 Å². The Morgan fingerprint density at radius 3 is 2.48 bits per heavy atom. The summed E-state index contributed by atoms with van der Waals surface area (Å²) in [7, 11) is 1.69. The fourth-order valence-corrected chi connectivity index (χ4v) is 3.00. The first-order chi connectivity index (χ1) is 11.1. The van der Waals surface area contributed by atoms with Gasteiger partial charge in [-0.2, -0.15) is 0 Å². The minimum Gasteiger partial charge on any atom is -0.338 e. The van der Waals surface area contributed by atoms with E-state index in [1.807, 2.05) is 30.3 Å². The lowest BCUT2D eigenvalue weighted by atomic mass is 9.93. The lowest BCUT2D eigenvalue weighted by molar-refractivity contribution is -0.127. The van der Waals surface area contributed by atoms with Crippen molar-refractivity contribution in [1.29, 1.82) is 0 Å². The number of rotatable bonds is 3. The van der Waals surface area contributed by atoms with Crippen LogP contribution in [0.2, 0.25) is 0 Å². The number of hydrogen-bond donors (Lipinski definition) is 1. The summed E-state index contributed by atoms with van der Waals surface area (Å²) < 4.78 is 13.7. The molecular weight excluding hydrogens is 295 g/mol. The van der Waals surface area contributed by atoms with Gasteiger partial charge >= 0.3 is 0 Å². The molecule has 4 nitrogen and oxygen atoms in total. The second kappa shape index (κ2) is 6.20. The summed E-state index contributed by atoms with van der Waals surface area (Å²) in [4.78, 5) is 26.2. The zero-order chi connectivity index (χ0) is 16.4. The predicted molar refractivity (Wildman–Crippen MR) is 85.1 cm³/mol. The minimum atomic E-state index is -0.547. The quantitative estimate of drug-likeness (QED) is 0.947. The molecule has 2 aromatic carbocycles. The molecule has 1 fully saturated rings. The van der Waals surface area contributed by atoms with Crippen molar-refractivity contribution in [3.05, 3.63) is 66.0 Å². The summed E-state index contributed by atoms with van der Waals surface area (Å²) >= 11 is 0. The van der Waals surface area contributed by atoms with E-state index < -0.39 is 11.7 Å². The van der Waals surface area contributed by atoms with E-state index in [4.69, 9.17) is 0 Å². The topological polar surface area (TPSA) is 49.4 Å². The molecule has 2 amide bonds. The molecule has 0 saturated carbocycles. The smallest absolute Gasteiger partial charge is 0.230 e. The van der Waals surface area contributed by atoms with Crippen LogP contribution in [-0.2, 0) is 9.59 Å². The summed E-state index contributed by atoms with van der Waals surface area (Å²) in [5.74, 6) is -1.47. The van der Waals surface area contributed by atoms with Crippen LogP contribution in [0.25, 0.3) is 0 Å². The fourth-order valence-electron chi connectivity index (χ4n) is 3.00. The van der Waals surface area contributed by atoms with Gasteiger partial charge in [-0.25, -0.2) is 4.39 Å². The van der Waals surface area contributed by atoms with E-state index in [-0.39, 0.29) is 30.0 Å². The largest absolute Gasteiger partial charge is 0.338 e. The zero-order valence-corrected chi connectivity index (χ0v) is 12.7. The van der Waals surface area contributed by atoms with Gasteiger partial charge in [-0.05, 0) is 17.7 Å². The average Bonchev–Trinajstić information content (AvgIpc) is 2.86. The molecule has 3 rings (SSSR count). The number of hydrogen-bond acceptors (Lipinski definition) is 2. The van der Waals surface area contributed by atoms with Crippen molar-refractivity contribution in [2.24, 2.45) is 5.92 Å². The van der Waals surface area contributed by atoms with Gasteiger partial charge in [-0.15, -0.1) is 0 Å². The summed E-state index contributed by atoms with van der Waals surface area (Å²) in [5, 5.41) is 2.60. The highest BCUT2D eigenvalue weighted by Crippen LogP contribution is 2.37. The molecule has 1 aliphatic rings. The van der Waals surface area contributed by atoms with Crippen molar-refractivity contribution in [2.45, 2.75) is 12.5 Å². The van der Waals surface area contributed by atoms with Crippen molar-refractivity contribution < 1.29 is 14.0 Å². The molecular formula is C18H17FN2O2. The number of para-hydroxylation sites is 1. The van der Waals surface area contributed by atoms with E-state index >= 15 is 0 Å². The van der Waals surface area contributed by atoms with Gasteiger partial charge in [-0.1, -0.05) is 42.5 Å². The maximum absolute atomic E-state index is 13.7. The summed E-state index contributed by atoms with van der Waals surface area (Å²) in [5.41, 5.74) is 1.03. The van der Waals surface area contributed by atoms with Gasteiger partial charge in [0.1, 0.15) is 5.82 Å². The Balaban J connectivity index is 1.86. The lowest BCUT2D eigenvalue weighted by Gasteiger charge is -2.25. The van der Waals surface area contributed by atoms with E-state index in [9.17, 15) is 14.0 Å². The number of carbonyl (C=O) groups is 2. The number of amides is 2. The Hall–Kier alpha value is -2.69. The number of halogens is 1. The number of anilines is 1. The Morgan fingerprint density at radius 2 is 1.78 bits per heavy atom. The molecule has 0 bridgehead atoms. The van der Waals surface area contributed by atoms with Crippen LogP contribution in [0.1, 0.15) is 18.0 Å². The number of nitrogens with one attached hydrogen (secondary N) is 1. The van der Waals surface area contributed by atoms with Crippen LogP contribution in [0.4, 0.5) is 10.1 Å². The Morgan fingerprint density at radius 1 is 1.13 bits per heavy atom. The highest BCUT2D eigenvalue weighted by Gasteiger charge is 2.42. The van der Waals surface area contributed by atoms with E-state index in [1.165, 1.54) is 12.1 Å². The third-order valence-electron chi connectivity index (χ3n) is 4.20. The van der Waals surface area contributed by atoms with Crippen LogP contribution >= 0.6 is 0 Å². The highest BCUT2D eigenvalue weighted by molar-refractivity contribution is 5.98. The molecule has 118 valence electrons. The first kappa shape index (κ1) is 15.2. The molecule has 1 N–H and O–H groups in total. The molecule has 0 aliphatic carbocycles. The van der Waals surface area contributed by atoms with E-state index in [1.54, 1.807) is 24.1 Å². The van der Waals surface area contributed by atoms with Gasteiger partial charge in [0.15, 0.2) is 0 Å². The van der Waals surface area contributed by atoms with E-state index in [2.05, 4.69) is 5.32 Å². The van der Waals surface area contributed by atoms with Crippen LogP contribution < -0.4 is 5.32 Å². The molecule has 5 heteroatoms. The van der Waals surface area contributed by atoms with Crippen molar-refractivity contribution in [1.82, 2.24) is 4.90 Å². The Labute approximate surface area is 133 Å². The van der Waals surface area contributed by atoms with Crippen LogP contribution in [-0.4, -0.2) is 23.8 Å². The SMILES string of the molecule is CN1C(=O)C[C@@H](C(=O)Nc2ccccc2F)[C@H]1c1ccccc1. The standard InChI is InChI=1S/C18H17FN2O2/c1-21-16(22)11-13(17(21)12-7-3-2-4-8-12)18(23)20-15-10-6-5-9-14(15)19/h2-10,13,17H,11H2,1H3,(H,20,23)/t13-,17-/m1/s1. The van der Waals surface area contributed by atoms with Gasteiger partial charge in [-0.3, -0.25) is 9.59 Å². The molecule has 1 saturated heterocycles. The molecule has 0 radical (unpaired) electrons. The van der Waals surface area contributed by atoms with Gasteiger partial charge < -0.3 is 10.2 Å². The Bertz CT molecular complexity index is 733. The monoisotopic (exact) mass is 312 g/mol. The van der Waals surface area contributed by atoms with Crippen molar-refractivity contribution in [2.75, 3.05) is 12.4 Å². The second-order valence-electron chi connectivity index (χ2n) is 5.64. The van der Waals surface area contributed by atoms with Crippen molar-refractivity contribution >= 4 is 17.5 Å². The van der Waals surface area contributed by atoms with Crippen LogP contribution in [0.15, 0.2) is 54.6 Å².